The standard InChI is InChI=1S/C12H17N5O/c1-8-11(9(2)17(4)15-8)12(18)16(3)7-10-5-13-14-6-10/h5-6H,7H2,1-4H3,(H,13,14). The molecule has 2 aromatic rings. The highest BCUT2D eigenvalue weighted by atomic mass is 16.2. The van der Waals surface area contributed by atoms with Crippen molar-refractivity contribution in [3.8, 4) is 0 Å². The smallest absolute Gasteiger partial charge is 0.257 e. The predicted octanol–water partition coefficient (Wildman–Crippen LogP) is 1.03. The van der Waals surface area contributed by atoms with Crippen LogP contribution in [0.2, 0.25) is 0 Å². The number of H-pyrrole nitrogens is 1. The van der Waals surface area contributed by atoms with E-state index in [9.17, 15) is 4.79 Å². The highest BCUT2D eigenvalue weighted by Gasteiger charge is 2.20. The number of aromatic nitrogens is 4. The van der Waals surface area contributed by atoms with Crippen molar-refractivity contribution in [2.45, 2.75) is 20.4 Å². The second kappa shape index (κ2) is 4.64. The maximum atomic E-state index is 12.4. The highest BCUT2D eigenvalue weighted by molar-refractivity contribution is 5.96. The summed E-state index contributed by atoms with van der Waals surface area (Å²) >= 11 is 0. The van der Waals surface area contributed by atoms with Crippen molar-refractivity contribution >= 4 is 5.91 Å². The number of amides is 1. The van der Waals surface area contributed by atoms with Gasteiger partial charge in [0.1, 0.15) is 0 Å². The molecule has 0 saturated carbocycles. The van der Waals surface area contributed by atoms with Gasteiger partial charge in [0.15, 0.2) is 0 Å². The number of aryl methyl sites for hydroxylation is 2. The Morgan fingerprint density at radius 3 is 2.72 bits per heavy atom. The minimum atomic E-state index is -0.0145. The summed E-state index contributed by atoms with van der Waals surface area (Å²) in [6, 6.07) is 0. The van der Waals surface area contributed by atoms with E-state index in [1.54, 1.807) is 29.0 Å². The number of hydrogen-bond acceptors (Lipinski definition) is 3. The van der Waals surface area contributed by atoms with Gasteiger partial charge < -0.3 is 4.90 Å². The summed E-state index contributed by atoms with van der Waals surface area (Å²) in [4.78, 5) is 14.0. The van der Waals surface area contributed by atoms with E-state index in [-0.39, 0.29) is 5.91 Å². The van der Waals surface area contributed by atoms with Crippen LogP contribution in [0.4, 0.5) is 0 Å². The molecule has 0 unspecified atom stereocenters. The summed E-state index contributed by atoms with van der Waals surface area (Å²) in [5.41, 5.74) is 3.31. The molecule has 96 valence electrons. The number of rotatable bonds is 3. The molecule has 18 heavy (non-hydrogen) atoms. The first-order valence-corrected chi connectivity index (χ1v) is 5.74. The second-order valence-corrected chi connectivity index (χ2v) is 4.44. The molecule has 0 radical (unpaired) electrons. The molecule has 0 aliphatic rings. The largest absolute Gasteiger partial charge is 0.337 e. The number of aromatic amines is 1. The summed E-state index contributed by atoms with van der Waals surface area (Å²) in [5, 5.41) is 10.9. The molecule has 1 amide bonds. The zero-order chi connectivity index (χ0) is 13.3. The third kappa shape index (κ3) is 2.13. The van der Waals surface area contributed by atoms with Crippen LogP contribution in [-0.2, 0) is 13.6 Å². The highest BCUT2D eigenvalue weighted by Crippen LogP contribution is 2.15. The van der Waals surface area contributed by atoms with Gasteiger partial charge in [-0.15, -0.1) is 0 Å². The molecule has 0 aliphatic heterocycles. The monoisotopic (exact) mass is 247 g/mol. The molecule has 0 saturated heterocycles. The van der Waals surface area contributed by atoms with Gasteiger partial charge in [0.2, 0.25) is 0 Å². The van der Waals surface area contributed by atoms with Crippen LogP contribution < -0.4 is 0 Å². The SMILES string of the molecule is Cc1nn(C)c(C)c1C(=O)N(C)Cc1cn[nH]c1. The minimum Gasteiger partial charge on any atom is -0.337 e. The molecule has 2 heterocycles. The molecular formula is C12H17N5O. The Bertz CT molecular complexity index is 555. The van der Waals surface area contributed by atoms with Crippen molar-refractivity contribution in [1.82, 2.24) is 24.9 Å². The molecule has 0 bridgehead atoms. The van der Waals surface area contributed by atoms with Gasteiger partial charge in [0, 0.05) is 38.1 Å². The van der Waals surface area contributed by atoms with Crippen molar-refractivity contribution in [2.75, 3.05) is 7.05 Å². The fourth-order valence-electron chi connectivity index (χ4n) is 1.98. The molecule has 1 N–H and O–H groups in total. The maximum Gasteiger partial charge on any atom is 0.257 e. The van der Waals surface area contributed by atoms with Crippen LogP contribution in [-0.4, -0.2) is 37.8 Å². The van der Waals surface area contributed by atoms with E-state index >= 15 is 0 Å². The quantitative estimate of drug-likeness (QED) is 0.881. The van der Waals surface area contributed by atoms with Crippen molar-refractivity contribution in [3.63, 3.8) is 0 Å². The third-order valence-electron chi connectivity index (χ3n) is 3.04. The maximum absolute atomic E-state index is 12.4. The van der Waals surface area contributed by atoms with Crippen molar-refractivity contribution < 1.29 is 4.79 Å². The summed E-state index contributed by atoms with van der Waals surface area (Å²) in [6.45, 7) is 4.29. The number of nitrogens with zero attached hydrogens (tertiary/aromatic N) is 4. The summed E-state index contributed by atoms with van der Waals surface area (Å²) in [5.74, 6) is -0.0145. The molecule has 2 rings (SSSR count). The fraction of sp³-hybridized carbons (Fsp3) is 0.417. The van der Waals surface area contributed by atoms with Gasteiger partial charge >= 0.3 is 0 Å². The Hall–Kier alpha value is -2.11. The first-order valence-electron chi connectivity index (χ1n) is 5.74. The molecule has 0 spiro atoms. The van der Waals surface area contributed by atoms with Crippen molar-refractivity contribution in [1.29, 1.82) is 0 Å². The van der Waals surface area contributed by atoms with Crippen LogP contribution >= 0.6 is 0 Å². The van der Waals surface area contributed by atoms with Gasteiger partial charge in [-0.25, -0.2) is 0 Å². The average Bonchev–Trinajstić information content (AvgIpc) is 2.88. The third-order valence-corrected chi connectivity index (χ3v) is 3.04. The lowest BCUT2D eigenvalue weighted by atomic mass is 10.1. The van der Waals surface area contributed by atoms with Gasteiger partial charge in [0.25, 0.3) is 5.91 Å². The average molecular weight is 247 g/mol. The van der Waals surface area contributed by atoms with Crippen molar-refractivity contribution in [2.24, 2.45) is 7.05 Å². The lowest BCUT2D eigenvalue weighted by Crippen LogP contribution is -2.27. The molecule has 0 aliphatic carbocycles. The van der Waals surface area contributed by atoms with Crippen LogP contribution in [0.3, 0.4) is 0 Å². The van der Waals surface area contributed by atoms with Crippen LogP contribution in [0.5, 0.6) is 0 Å². The Balaban J connectivity index is 2.20. The minimum absolute atomic E-state index is 0.0145. The molecule has 0 fully saturated rings. The van der Waals surface area contributed by atoms with Crippen molar-refractivity contribution in [3.05, 3.63) is 34.9 Å². The van der Waals surface area contributed by atoms with E-state index in [4.69, 9.17) is 0 Å². The zero-order valence-electron chi connectivity index (χ0n) is 11.1. The first kappa shape index (κ1) is 12.3. The van der Waals surface area contributed by atoms with Crippen LogP contribution in [0.1, 0.15) is 27.3 Å². The number of nitrogens with one attached hydrogen (secondary N) is 1. The fourth-order valence-corrected chi connectivity index (χ4v) is 1.98. The molecule has 0 atom stereocenters. The molecule has 0 aromatic carbocycles. The first-order chi connectivity index (χ1) is 8.50. The number of carbonyl (C=O) groups excluding carboxylic acids is 1. The lowest BCUT2D eigenvalue weighted by Gasteiger charge is -2.16. The number of hydrogen-bond donors (Lipinski definition) is 1. The van der Waals surface area contributed by atoms with Gasteiger partial charge in [-0.05, 0) is 13.8 Å². The second-order valence-electron chi connectivity index (χ2n) is 4.44. The Morgan fingerprint density at radius 1 is 1.50 bits per heavy atom. The van der Waals surface area contributed by atoms with Gasteiger partial charge in [0.05, 0.1) is 17.5 Å². The van der Waals surface area contributed by atoms with Crippen LogP contribution in [0.25, 0.3) is 0 Å². The lowest BCUT2D eigenvalue weighted by molar-refractivity contribution is 0.0783. The molecule has 6 nitrogen and oxygen atoms in total. The summed E-state index contributed by atoms with van der Waals surface area (Å²) < 4.78 is 1.73. The van der Waals surface area contributed by atoms with E-state index in [1.165, 1.54) is 0 Å². The Kier molecular flexibility index (Phi) is 3.18. The predicted molar refractivity (Wildman–Crippen MR) is 67.1 cm³/mol. The van der Waals surface area contributed by atoms with E-state index in [1.807, 2.05) is 20.9 Å². The summed E-state index contributed by atoms with van der Waals surface area (Å²) in [7, 11) is 3.62. The van der Waals surface area contributed by atoms with E-state index < -0.39 is 0 Å². The Labute approximate surface area is 106 Å². The Morgan fingerprint density at radius 2 is 2.22 bits per heavy atom. The van der Waals surface area contributed by atoms with Gasteiger partial charge in [-0.1, -0.05) is 0 Å². The zero-order valence-corrected chi connectivity index (χ0v) is 11.1. The van der Waals surface area contributed by atoms with Crippen LogP contribution in [0.15, 0.2) is 12.4 Å². The van der Waals surface area contributed by atoms with Crippen LogP contribution in [0, 0.1) is 13.8 Å². The molecule has 2 aromatic heterocycles. The normalized spacial score (nSPS) is 10.7. The van der Waals surface area contributed by atoms with Gasteiger partial charge in [-0.2, -0.15) is 10.2 Å². The molecule has 6 heteroatoms. The topological polar surface area (TPSA) is 66.8 Å². The van der Waals surface area contributed by atoms with E-state index in [2.05, 4.69) is 15.3 Å². The van der Waals surface area contributed by atoms with E-state index in [0.29, 0.717) is 12.1 Å². The molecular weight excluding hydrogens is 230 g/mol. The number of carbonyl (C=O) groups is 1. The summed E-state index contributed by atoms with van der Waals surface area (Å²) in [6.07, 6.45) is 3.50. The van der Waals surface area contributed by atoms with E-state index in [0.717, 1.165) is 17.0 Å². The van der Waals surface area contributed by atoms with Gasteiger partial charge in [-0.3, -0.25) is 14.6 Å².